The number of nitrogens with zero attached hydrogens (tertiary/aromatic N) is 2. The summed E-state index contributed by atoms with van der Waals surface area (Å²) in [4.78, 5) is 21.0. The summed E-state index contributed by atoms with van der Waals surface area (Å²) in [6.45, 7) is 4.62. The van der Waals surface area contributed by atoms with Gasteiger partial charge in [0.1, 0.15) is 23.7 Å². The van der Waals surface area contributed by atoms with E-state index in [1.807, 2.05) is 6.07 Å². The average molecular weight is 469 g/mol. The molecule has 2 unspecified atom stereocenters. The van der Waals surface area contributed by atoms with Crippen molar-refractivity contribution in [1.29, 1.82) is 0 Å². The number of amides is 1. The van der Waals surface area contributed by atoms with E-state index in [1.165, 1.54) is 37.4 Å². The summed E-state index contributed by atoms with van der Waals surface area (Å²) in [6.07, 6.45) is 8.14. The number of fused-ring (bicyclic) bond motifs is 1. The maximum Gasteiger partial charge on any atom is 0.248 e. The van der Waals surface area contributed by atoms with Crippen LogP contribution in [-0.2, 0) is 4.79 Å². The molecule has 0 aliphatic heterocycles. The Labute approximate surface area is 197 Å². The minimum atomic E-state index is -0.498. The van der Waals surface area contributed by atoms with Crippen molar-refractivity contribution >= 4 is 45.6 Å². The standard InChI is InChI=1S/C25H26ClFN4O2/c1-3-5-24(32)31-22-11-18-21(12-23(22)33-13-16-7-4-6-15(16)2)28-14-29-25(18)30-17-8-9-20(27)19(26)10-17/h3,5,8-12,14-16H,4,6-7,13H2,1-2H3,(H,31,32)(H,28,29,30)/b5-3+. The zero-order valence-electron chi connectivity index (χ0n) is 18.6. The van der Waals surface area contributed by atoms with Gasteiger partial charge in [0.15, 0.2) is 0 Å². The van der Waals surface area contributed by atoms with Gasteiger partial charge in [-0.1, -0.05) is 37.4 Å². The average Bonchev–Trinajstić information content (AvgIpc) is 3.20. The lowest BCUT2D eigenvalue weighted by molar-refractivity contribution is -0.111. The fourth-order valence-corrected chi connectivity index (χ4v) is 4.28. The third-order valence-corrected chi connectivity index (χ3v) is 6.28. The monoisotopic (exact) mass is 468 g/mol. The first-order valence-electron chi connectivity index (χ1n) is 11.0. The predicted octanol–water partition coefficient (Wildman–Crippen LogP) is 6.50. The Kier molecular flexibility index (Phi) is 7.08. The molecular formula is C25H26ClFN4O2. The molecule has 6 nitrogen and oxygen atoms in total. The van der Waals surface area contributed by atoms with Crippen molar-refractivity contribution in [1.82, 2.24) is 9.97 Å². The molecule has 33 heavy (non-hydrogen) atoms. The van der Waals surface area contributed by atoms with Crippen LogP contribution in [0.3, 0.4) is 0 Å². The molecule has 0 bridgehead atoms. The molecule has 1 amide bonds. The quantitative estimate of drug-likeness (QED) is 0.387. The first kappa shape index (κ1) is 23.0. The van der Waals surface area contributed by atoms with Crippen molar-refractivity contribution in [3.8, 4) is 5.75 Å². The molecule has 1 aromatic heterocycles. The molecule has 4 rings (SSSR count). The van der Waals surface area contributed by atoms with Gasteiger partial charge >= 0.3 is 0 Å². The molecule has 8 heteroatoms. The van der Waals surface area contributed by atoms with Crippen molar-refractivity contribution in [3.05, 3.63) is 59.7 Å². The summed E-state index contributed by atoms with van der Waals surface area (Å²) in [5.74, 6) is 1.42. The Balaban J connectivity index is 1.69. The van der Waals surface area contributed by atoms with Crippen LogP contribution in [0.2, 0.25) is 5.02 Å². The van der Waals surface area contributed by atoms with Gasteiger partial charge in [-0.05, 0) is 55.5 Å². The Morgan fingerprint density at radius 2 is 2.12 bits per heavy atom. The van der Waals surface area contributed by atoms with Crippen molar-refractivity contribution in [2.75, 3.05) is 17.2 Å². The molecule has 1 saturated carbocycles. The van der Waals surface area contributed by atoms with Crippen LogP contribution in [0.4, 0.5) is 21.6 Å². The highest BCUT2D eigenvalue weighted by molar-refractivity contribution is 6.31. The number of halogens is 2. The molecule has 2 aromatic carbocycles. The first-order valence-corrected chi connectivity index (χ1v) is 11.4. The van der Waals surface area contributed by atoms with Gasteiger partial charge in [-0.15, -0.1) is 0 Å². The number of carbonyl (C=O) groups excluding carboxylic acids is 1. The molecule has 172 valence electrons. The van der Waals surface area contributed by atoms with Gasteiger partial charge in [-0.25, -0.2) is 14.4 Å². The van der Waals surface area contributed by atoms with E-state index in [4.69, 9.17) is 16.3 Å². The number of allylic oxidation sites excluding steroid dienone is 1. The lowest BCUT2D eigenvalue weighted by Gasteiger charge is -2.19. The zero-order chi connectivity index (χ0) is 23.4. The molecular weight excluding hydrogens is 443 g/mol. The van der Waals surface area contributed by atoms with E-state index in [2.05, 4.69) is 27.5 Å². The summed E-state index contributed by atoms with van der Waals surface area (Å²) in [5, 5.41) is 6.73. The van der Waals surface area contributed by atoms with Crippen LogP contribution in [0.1, 0.15) is 33.1 Å². The second-order valence-electron chi connectivity index (χ2n) is 8.31. The van der Waals surface area contributed by atoms with Crippen molar-refractivity contribution in [2.24, 2.45) is 11.8 Å². The summed E-state index contributed by atoms with van der Waals surface area (Å²) in [5.41, 5.74) is 1.77. The van der Waals surface area contributed by atoms with Crippen LogP contribution in [0.15, 0.2) is 48.8 Å². The number of rotatable bonds is 7. The van der Waals surface area contributed by atoms with Crippen LogP contribution in [0.5, 0.6) is 5.75 Å². The van der Waals surface area contributed by atoms with E-state index >= 15 is 0 Å². The lowest BCUT2D eigenvalue weighted by atomic mass is 9.99. The third kappa shape index (κ3) is 5.42. The Hall–Kier alpha value is -3.19. The van der Waals surface area contributed by atoms with Gasteiger partial charge in [-0.3, -0.25) is 4.79 Å². The van der Waals surface area contributed by atoms with E-state index in [0.717, 1.165) is 6.42 Å². The number of hydrogen-bond donors (Lipinski definition) is 2. The number of carbonyl (C=O) groups is 1. The van der Waals surface area contributed by atoms with E-state index in [0.29, 0.717) is 52.3 Å². The highest BCUT2D eigenvalue weighted by Crippen LogP contribution is 2.36. The molecule has 0 spiro atoms. The maximum atomic E-state index is 13.5. The molecule has 2 N–H and O–H groups in total. The molecule has 3 aromatic rings. The Bertz CT molecular complexity index is 1200. The number of anilines is 3. The van der Waals surface area contributed by atoms with Crippen LogP contribution >= 0.6 is 11.6 Å². The van der Waals surface area contributed by atoms with Gasteiger partial charge in [0, 0.05) is 17.1 Å². The largest absolute Gasteiger partial charge is 0.491 e. The maximum absolute atomic E-state index is 13.5. The van der Waals surface area contributed by atoms with Gasteiger partial charge in [0.2, 0.25) is 5.91 Å². The van der Waals surface area contributed by atoms with Gasteiger partial charge < -0.3 is 15.4 Å². The van der Waals surface area contributed by atoms with E-state index in [-0.39, 0.29) is 10.9 Å². The fraction of sp³-hybridized carbons (Fsp3) is 0.320. The van der Waals surface area contributed by atoms with Crippen LogP contribution in [-0.4, -0.2) is 22.5 Å². The normalized spacial score (nSPS) is 18.1. The molecule has 1 fully saturated rings. The van der Waals surface area contributed by atoms with Gasteiger partial charge in [0.25, 0.3) is 0 Å². The van der Waals surface area contributed by atoms with Crippen molar-refractivity contribution in [2.45, 2.75) is 33.1 Å². The predicted molar refractivity (Wildman–Crippen MR) is 130 cm³/mol. The zero-order valence-corrected chi connectivity index (χ0v) is 19.3. The number of aromatic nitrogens is 2. The number of benzene rings is 2. The SMILES string of the molecule is C/C=C/C(=O)Nc1cc2c(Nc3ccc(F)c(Cl)c3)ncnc2cc1OCC1CCCC1C. The molecule has 0 saturated heterocycles. The van der Waals surface area contributed by atoms with Gasteiger partial charge in [-0.2, -0.15) is 0 Å². The Morgan fingerprint density at radius 3 is 2.85 bits per heavy atom. The van der Waals surface area contributed by atoms with Gasteiger partial charge in [0.05, 0.1) is 22.8 Å². The summed E-state index contributed by atoms with van der Waals surface area (Å²) >= 11 is 5.91. The number of hydrogen-bond acceptors (Lipinski definition) is 5. The van der Waals surface area contributed by atoms with Crippen molar-refractivity contribution < 1.29 is 13.9 Å². The smallest absolute Gasteiger partial charge is 0.248 e. The summed E-state index contributed by atoms with van der Waals surface area (Å²) < 4.78 is 19.7. The molecule has 1 heterocycles. The van der Waals surface area contributed by atoms with Crippen LogP contribution in [0, 0.1) is 17.7 Å². The number of ether oxygens (including phenoxy) is 1. The fourth-order valence-electron chi connectivity index (χ4n) is 4.10. The van der Waals surface area contributed by atoms with E-state index in [9.17, 15) is 9.18 Å². The van der Waals surface area contributed by atoms with E-state index < -0.39 is 5.82 Å². The summed E-state index contributed by atoms with van der Waals surface area (Å²) in [6, 6.07) is 7.94. The summed E-state index contributed by atoms with van der Waals surface area (Å²) in [7, 11) is 0. The molecule has 1 aliphatic carbocycles. The van der Waals surface area contributed by atoms with Crippen LogP contribution in [0.25, 0.3) is 10.9 Å². The molecule has 0 radical (unpaired) electrons. The van der Waals surface area contributed by atoms with E-state index in [1.54, 1.807) is 25.1 Å². The van der Waals surface area contributed by atoms with Crippen molar-refractivity contribution in [3.63, 3.8) is 0 Å². The van der Waals surface area contributed by atoms with Crippen LogP contribution < -0.4 is 15.4 Å². The topological polar surface area (TPSA) is 76.1 Å². The number of nitrogens with one attached hydrogen (secondary N) is 2. The minimum absolute atomic E-state index is 0.00879. The molecule has 2 atom stereocenters. The second-order valence-corrected chi connectivity index (χ2v) is 8.72. The lowest BCUT2D eigenvalue weighted by Crippen LogP contribution is -2.16. The Morgan fingerprint density at radius 1 is 1.27 bits per heavy atom. The highest BCUT2D eigenvalue weighted by Gasteiger charge is 2.24. The minimum Gasteiger partial charge on any atom is -0.491 e. The third-order valence-electron chi connectivity index (χ3n) is 5.99. The second kappa shape index (κ2) is 10.2. The molecule has 1 aliphatic rings. The first-order chi connectivity index (χ1) is 15.9. The highest BCUT2D eigenvalue weighted by atomic mass is 35.5.